The quantitative estimate of drug-likeness (QED) is 0.549. The fourth-order valence-electron chi connectivity index (χ4n) is 4.07. The highest BCUT2D eigenvalue weighted by atomic mass is 16.7. The van der Waals surface area contributed by atoms with Gasteiger partial charge in [-0.2, -0.15) is 0 Å². The van der Waals surface area contributed by atoms with Gasteiger partial charge in [-0.1, -0.05) is 19.8 Å². The minimum absolute atomic E-state index is 0.0259. The van der Waals surface area contributed by atoms with Crippen LogP contribution in [0.15, 0.2) is 0 Å². The Kier molecular flexibility index (Phi) is 2.95. The van der Waals surface area contributed by atoms with Crippen LogP contribution in [0, 0.1) is 0 Å². The summed E-state index contributed by atoms with van der Waals surface area (Å²) in [5.74, 6) is 0. The van der Waals surface area contributed by atoms with Gasteiger partial charge in [0.15, 0.2) is 0 Å². The predicted molar refractivity (Wildman–Crippen MR) is 69.8 cm³/mol. The number of fused-ring (bicyclic) bond motifs is 1. The van der Waals surface area contributed by atoms with Crippen molar-refractivity contribution in [3.8, 4) is 0 Å². The highest BCUT2D eigenvalue weighted by Crippen LogP contribution is 2.65. The van der Waals surface area contributed by atoms with Crippen molar-refractivity contribution in [1.82, 2.24) is 0 Å². The largest absolute Gasteiger partial charge is 0.462 e. The van der Waals surface area contributed by atoms with Gasteiger partial charge >= 0.3 is 0 Å². The summed E-state index contributed by atoms with van der Waals surface area (Å²) in [6.45, 7) is 6.58. The van der Waals surface area contributed by atoms with Crippen molar-refractivity contribution in [3.05, 3.63) is 0 Å². The normalized spacial score (nSPS) is 44.4. The second-order valence-electron chi connectivity index (χ2n) is 6.77. The number of carbonyl (C=O) groups excluding carboxylic acids is 1. The van der Waals surface area contributed by atoms with Gasteiger partial charge in [0.1, 0.15) is 16.8 Å². The van der Waals surface area contributed by atoms with Crippen LogP contribution in [0.3, 0.4) is 0 Å². The molecular weight excluding hydrogens is 244 g/mol. The summed E-state index contributed by atoms with van der Waals surface area (Å²) in [6, 6.07) is 0. The lowest BCUT2D eigenvalue weighted by Gasteiger charge is -2.26. The van der Waals surface area contributed by atoms with Crippen molar-refractivity contribution < 1.29 is 19.0 Å². The topological polar surface area (TPSA) is 51.4 Å². The third-order valence-corrected chi connectivity index (χ3v) is 5.18. The SMILES string of the molecule is CCC1(C23CCCCC2O3)OC1CC(C)(C)OC=O. The molecule has 19 heavy (non-hydrogen) atoms. The Labute approximate surface area is 114 Å². The molecule has 0 aromatic rings. The summed E-state index contributed by atoms with van der Waals surface area (Å²) in [6.07, 6.45) is 7.10. The summed E-state index contributed by atoms with van der Waals surface area (Å²) in [7, 11) is 0. The van der Waals surface area contributed by atoms with Gasteiger partial charge in [-0.05, 0) is 33.1 Å². The second-order valence-corrected chi connectivity index (χ2v) is 6.77. The Morgan fingerprint density at radius 2 is 2.16 bits per heavy atom. The lowest BCUT2D eigenvalue weighted by atomic mass is 9.75. The number of carbonyl (C=O) groups is 1. The van der Waals surface area contributed by atoms with Crippen LogP contribution in [-0.2, 0) is 19.0 Å². The molecule has 0 bridgehead atoms. The maximum atomic E-state index is 10.5. The van der Waals surface area contributed by atoms with E-state index in [1.54, 1.807) is 0 Å². The molecule has 1 saturated carbocycles. The van der Waals surface area contributed by atoms with Crippen molar-refractivity contribution in [1.29, 1.82) is 0 Å². The van der Waals surface area contributed by atoms with Gasteiger partial charge in [-0.15, -0.1) is 0 Å². The first kappa shape index (κ1) is 13.4. The van der Waals surface area contributed by atoms with E-state index in [2.05, 4.69) is 6.92 Å². The van der Waals surface area contributed by atoms with Gasteiger partial charge in [0, 0.05) is 6.42 Å². The monoisotopic (exact) mass is 268 g/mol. The zero-order chi connectivity index (χ0) is 13.7. The van der Waals surface area contributed by atoms with Gasteiger partial charge in [0.25, 0.3) is 6.47 Å². The van der Waals surface area contributed by atoms with E-state index < -0.39 is 5.60 Å². The first-order valence-electron chi connectivity index (χ1n) is 7.47. The standard InChI is InChI=1S/C15H24O4/c1-4-14(15-8-6-5-7-11(15)18-15)12(19-14)9-13(2,3)17-10-16/h10-12H,4-9H2,1-3H3. The molecule has 4 heteroatoms. The Bertz CT molecular complexity index is 380. The van der Waals surface area contributed by atoms with E-state index >= 15 is 0 Å². The molecule has 3 rings (SSSR count). The maximum Gasteiger partial charge on any atom is 0.293 e. The van der Waals surface area contributed by atoms with Crippen LogP contribution in [0.2, 0.25) is 0 Å². The molecule has 2 heterocycles. The molecular formula is C15H24O4. The van der Waals surface area contributed by atoms with Gasteiger partial charge < -0.3 is 14.2 Å². The van der Waals surface area contributed by atoms with Crippen LogP contribution >= 0.6 is 0 Å². The summed E-state index contributed by atoms with van der Waals surface area (Å²) in [4.78, 5) is 10.5. The zero-order valence-corrected chi connectivity index (χ0v) is 12.1. The molecule has 0 aromatic carbocycles. The molecule has 1 aliphatic carbocycles. The van der Waals surface area contributed by atoms with Crippen molar-refractivity contribution in [2.24, 2.45) is 0 Å². The molecule has 2 aliphatic heterocycles. The molecule has 4 atom stereocenters. The Morgan fingerprint density at radius 1 is 1.37 bits per heavy atom. The molecule has 4 nitrogen and oxygen atoms in total. The molecule has 0 radical (unpaired) electrons. The second kappa shape index (κ2) is 4.19. The number of hydrogen-bond acceptors (Lipinski definition) is 4. The van der Waals surface area contributed by atoms with Crippen molar-refractivity contribution in [2.45, 2.75) is 88.3 Å². The fraction of sp³-hybridized carbons (Fsp3) is 0.933. The number of rotatable bonds is 6. The van der Waals surface area contributed by atoms with E-state index in [0.29, 0.717) is 12.6 Å². The predicted octanol–water partition coefficient (Wildman–Crippen LogP) is 2.59. The average Bonchev–Trinajstić information content (AvgIpc) is 3.21. The van der Waals surface area contributed by atoms with Gasteiger partial charge in [0.2, 0.25) is 0 Å². The molecule has 2 saturated heterocycles. The van der Waals surface area contributed by atoms with E-state index in [-0.39, 0.29) is 17.3 Å². The lowest BCUT2D eigenvalue weighted by Crippen LogP contribution is -2.41. The highest BCUT2D eigenvalue weighted by Gasteiger charge is 2.79. The van der Waals surface area contributed by atoms with Crippen LogP contribution in [0.1, 0.15) is 59.3 Å². The van der Waals surface area contributed by atoms with Crippen LogP contribution in [0.5, 0.6) is 0 Å². The Hall–Kier alpha value is -0.610. The minimum atomic E-state index is -0.459. The van der Waals surface area contributed by atoms with E-state index in [1.807, 2.05) is 13.8 Å². The van der Waals surface area contributed by atoms with Crippen LogP contribution in [0.25, 0.3) is 0 Å². The summed E-state index contributed by atoms with van der Waals surface area (Å²) in [5, 5.41) is 0. The smallest absolute Gasteiger partial charge is 0.293 e. The lowest BCUT2D eigenvalue weighted by molar-refractivity contribution is -0.141. The molecule has 0 N–H and O–H groups in total. The van der Waals surface area contributed by atoms with E-state index in [1.165, 1.54) is 19.3 Å². The molecule has 108 valence electrons. The fourth-order valence-corrected chi connectivity index (χ4v) is 4.07. The molecule has 3 fully saturated rings. The summed E-state index contributed by atoms with van der Waals surface area (Å²) in [5.41, 5.74) is -0.609. The van der Waals surface area contributed by atoms with Crippen LogP contribution in [0.4, 0.5) is 0 Å². The molecule has 3 aliphatic rings. The van der Waals surface area contributed by atoms with Gasteiger partial charge in [-0.25, -0.2) is 0 Å². The molecule has 4 unspecified atom stereocenters. The van der Waals surface area contributed by atoms with Gasteiger partial charge in [-0.3, -0.25) is 4.79 Å². The van der Waals surface area contributed by atoms with E-state index in [0.717, 1.165) is 19.3 Å². The number of hydrogen-bond donors (Lipinski definition) is 0. The van der Waals surface area contributed by atoms with E-state index in [9.17, 15) is 4.79 Å². The van der Waals surface area contributed by atoms with Crippen molar-refractivity contribution >= 4 is 6.47 Å². The maximum absolute atomic E-state index is 10.5. The summed E-state index contributed by atoms with van der Waals surface area (Å²) >= 11 is 0. The van der Waals surface area contributed by atoms with E-state index in [4.69, 9.17) is 14.2 Å². The molecule has 0 spiro atoms. The first-order valence-corrected chi connectivity index (χ1v) is 7.47. The Balaban J connectivity index is 1.69. The molecule has 0 aromatic heterocycles. The number of epoxide rings is 2. The first-order chi connectivity index (χ1) is 9.00. The Morgan fingerprint density at radius 3 is 2.79 bits per heavy atom. The average molecular weight is 268 g/mol. The minimum Gasteiger partial charge on any atom is -0.462 e. The van der Waals surface area contributed by atoms with Crippen LogP contribution in [-0.4, -0.2) is 35.5 Å². The zero-order valence-electron chi connectivity index (χ0n) is 12.1. The molecule has 0 amide bonds. The van der Waals surface area contributed by atoms with Crippen molar-refractivity contribution in [3.63, 3.8) is 0 Å². The van der Waals surface area contributed by atoms with Crippen LogP contribution < -0.4 is 0 Å². The third kappa shape index (κ3) is 1.91. The number of ether oxygens (including phenoxy) is 3. The third-order valence-electron chi connectivity index (χ3n) is 5.18. The highest BCUT2D eigenvalue weighted by molar-refractivity contribution is 5.38. The summed E-state index contributed by atoms with van der Waals surface area (Å²) < 4.78 is 17.3. The van der Waals surface area contributed by atoms with Gasteiger partial charge in [0.05, 0.1) is 12.2 Å². The van der Waals surface area contributed by atoms with Crippen molar-refractivity contribution in [2.75, 3.05) is 0 Å².